The quantitative estimate of drug-likeness (QED) is 0.893. The molecule has 0 aliphatic carbocycles. The van der Waals surface area contributed by atoms with Crippen LogP contribution in [0.4, 0.5) is 5.69 Å². The number of imidazole rings is 1. The van der Waals surface area contributed by atoms with Crippen LogP contribution in [-0.4, -0.2) is 29.7 Å². The molecule has 19 heavy (non-hydrogen) atoms. The lowest BCUT2D eigenvalue weighted by Gasteiger charge is -2.03. The van der Waals surface area contributed by atoms with Crippen LogP contribution in [0.2, 0.25) is 0 Å². The number of hydrogen-bond donors (Lipinski definition) is 2. The summed E-state index contributed by atoms with van der Waals surface area (Å²) in [5, 5.41) is 6.30. The van der Waals surface area contributed by atoms with E-state index in [0.29, 0.717) is 0 Å². The largest absolute Gasteiger partial charge is 0.388 e. The highest BCUT2D eigenvalue weighted by molar-refractivity contribution is 9.10. The topological polar surface area (TPSA) is 41.9 Å². The number of anilines is 1. The van der Waals surface area contributed by atoms with Crippen molar-refractivity contribution in [2.24, 2.45) is 0 Å². The van der Waals surface area contributed by atoms with Crippen molar-refractivity contribution in [3.8, 4) is 5.69 Å². The van der Waals surface area contributed by atoms with Crippen LogP contribution in [0.1, 0.15) is 12.8 Å². The van der Waals surface area contributed by atoms with E-state index in [1.165, 1.54) is 25.9 Å². The maximum Gasteiger partial charge on any atom is 0.124 e. The molecule has 4 nitrogen and oxygen atoms in total. The average molecular weight is 323 g/mol. The zero-order chi connectivity index (χ0) is 13.5. The Morgan fingerprint density at radius 1 is 1.21 bits per heavy atom. The molecule has 3 rings (SSSR count). The molecule has 0 bridgehead atoms. The van der Waals surface area contributed by atoms with Crippen LogP contribution in [0.5, 0.6) is 0 Å². The van der Waals surface area contributed by atoms with Crippen molar-refractivity contribution in [1.29, 1.82) is 0 Å². The first-order chi connectivity index (χ1) is 9.29. The number of rotatable bonds is 2. The predicted octanol–water partition coefficient (Wildman–Crippen LogP) is 3.05. The van der Waals surface area contributed by atoms with E-state index in [9.17, 15) is 0 Å². The lowest BCUT2D eigenvalue weighted by Crippen LogP contribution is -2.03. The van der Waals surface area contributed by atoms with E-state index < -0.39 is 0 Å². The van der Waals surface area contributed by atoms with Gasteiger partial charge in [0.15, 0.2) is 0 Å². The van der Waals surface area contributed by atoms with Gasteiger partial charge in [-0.3, -0.25) is 0 Å². The standard InChI is InChI=1S/C10H10BrN3.C4H9N/c1-12-8-2-4-9(5-3-8)14-6-10(11)13-7-14;1-2-4-5-3-1/h2-7,12H,1H3;5H,1-4H2. The van der Waals surface area contributed by atoms with Crippen LogP contribution < -0.4 is 10.6 Å². The second-order valence-corrected chi connectivity index (χ2v) is 5.17. The molecule has 2 N–H and O–H groups in total. The smallest absolute Gasteiger partial charge is 0.124 e. The summed E-state index contributed by atoms with van der Waals surface area (Å²) < 4.78 is 2.80. The lowest BCUT2D eigenvalue weighted by molar-refractivity contribution is 0.857. The van der Waals surface area contributed by atoms with E-state index >= 15 is 0 Å². The molecule has 0 radical (unpaired) electrons. The molecule has 5 heteroatoms. The Labute approximate surface area is 122 Å². The Bertz CT molecular complexity index is 481. The Morgan fingerprint density at radius 3 is 2.32 bits per heavy atom. The van der Waals surface area contributed by atoms with Gasteiger partial charge in [-0.15, -0.1) is 0 Å². The van der Waals surface area contributed by atoms with Crippen LogP contribution in [0.15, 0.2) is 41.4 Å². The summed E-state index contributed by atoms with van der Waals surface area (Å²) >= 11 is 3.31. The second kappa shape index (κ2) is 7.31. The number of hydrogen-bond acceptors (Lipinski definition) is 3. The van der Waals surface area contributed by atoms with E-state index in [4.69, 9.17) is 0 Å². The SMILES string of the molecule is C1CCNC1.CNc1ccc(-n2cnc(Br)c2)cc1. The molecule has 1 fully saturated rings. The molecule has 0 amide bonds. The van der Waals surface area contributed by atoms with E-state index in [0.717, 1.165) is 16.0 Å². The number of halogens is 1. The Balaban J connectivity index is 0.000000224. The fourth-order valence-corrected chi connectivity index (χ4v) is 2.18. The molecule has 0 unspecified atom stereocenters. The van der Waals surface area contributed by atoms with Crippen LogP contribution in [0.25, 0.3) is 5.69 Å². The third-order valence-electron chi connectivity index (χ3n) is 2.96. The second-order valence-electron chi connectivity index (χ2n) is 4.36. The van der Waals surface area contributed by atoms with Crippen molar-refractivity contribution >= 4 is 21.6 Å². The van der Waals surface area contributed by atoms with Gasteiger partial charge in [0.25, 0.3) is 0 Å². The fraction of sp³-hybridized carbons (Fsp3) is 0.357. The molecule has 1 aromatic heterocycles. The highest BCUT2D eigenvalue weighted by atomic mass is 79.9. The van der Waals surface area contributed by atoms with Gasteiger partial charge in [-0.1, -0.05) is 0 Å². The van der Waals surface area contributed by atoms with Crippen LogP contribution in [0.3, 0.4) is 0 Å². The molecular formula is C14H19BrN4. The Morgan fingerprint density at radius 2 is 1.89 bits per heavy atom. The zero-order valence-corrected chi connectivity index (χ0v) is 12.7. The van der Waals surface area contributed by atoms with E-state index in [-0.39, 0.29) is 0 Å². The van der Waals surface area contributed by atoms with Crippen molar-refractivity contribution in [3.05, 3.63) is 41.4 Å². The number of nitrogens with one attached hydrogen (secondary N) is 2. The van der Waals surface area contributed by atoms with Crippen molar-refractivity contribution in [2.75, 3.05) is 25.5 Å². The van der Waals surface area contributed by atoms with Crippen molar-refractivity contribution in [2.45, 2.75) is 12.8 Å². The molecule has 1 aliphatic heterocycles. The highest BCUT2D eigenvalue weighted by Gasteiger charge is 1.97. The summed E-state index contributed by atoms with van der Waals surface area (Å²) in [7, 11) is 1.91. The van der Waals surface area contributed by atoms with Gasteiger partial charge in [0.05, 0.1) is 0 Å². The van der Waals surface area contributed by atoms with Gasteiger partial charge in [0.2, 0.25) is 0 Å². The van der Waals surface area contributed by atoms with Crippen LogP contribution in [-0.2, 0) is 0 Å². The summed E-state index contributed by atoms with van der Waals surface area (Å²) in [6.07, 6.45) is 6.48. The van der Waals surface area contributed by atoms with Gasteiger partial charge in [-0.25, -0.2) is 4.98 Å². The van der Waals surface area contributed by atoms with E-state index in [2.05, 4.69) is 31.5 Å². The Hall–Kier alpha value is -1.33. The minimum Gasteiger partial charge on any atom is -0.388 e. The summed E-state index contributed by atoms with van der Waals surface area (Å²) in [5.41, 5.74) is 2.20. The van der Waals surface area contributed by atoms with Gasteiger partial charge in [0, 0.05) is 24.6 Å². The first-order valence-corrected chi connectivity index (χ1v) is 7.27. The summed E-state index contributed by atoms with van der Waals surface area (Å²) in [6.45, 7) is 2.50. The predicted molar refractivity (Wildman–Crippen MR) is 82.9 cm³/mol. The molecule has 0 spiro atoms. The summed E-state index contributed by atoms with van der Waals surface area (Å²) in [4.78, 5) is 4.10. The lowest BCUT2D eigenvalue weighted by atomic mass is 10.3. The minimum absolute atomic E-state index is 0.843. The van der Waals surface area contributed by atoms with Gasteiger partial charge in [-0.2, -0.15) is 0 Å². The Kier molecular flexibility index (Phi) is 5.42. The highest BCUT2D eigenvalue weighted by Crippen LogP contribution is 2.14. The molecule has 2 aromatic rings. The molecule has 2 heterocycles. The van der Waals surface area contributed by atoms with Crippen molar-refractivity contribution < 1.29 is 0 Å². The fourth-order valence-electron chi connectivity index (χ4n) is 1.87. The average Bonchev–Trinajstić information content (AvgIpc) is 3.13. The maximum absolute atomic E-state index is 4.10. The third-order valence-corrected chi connectivity index (χ3v) is 3.37. The molecule has 102 valence electrons. The van der Waals surface area contributed by atoms with E-state index in [1.807, 2.05) is 42.1 Å². The van der Waals surface area contributed by atoms with Crippen LogP contribution in [0, 0.1) is 0 Å². The molecule has 0 saturated carbocycles. The maximum atomic E-state index is 4.10. The van der Waals surface area contributed by atoms with Gasteiger partial charge < -0.3 is 15.2 Å². The molecule has 0 atom stereocenters. The van der Waals surface area contributed by atoms with Gasteiger partial charge in [-0.05, 0) is 66.1 Å². The number of aromatic nitrogens is 2. The molecule has 1 saturated heterocycles. The molecule has 1 aliphatic rings. The van der Waals surface area contributed by atoms with Gasteiger partial charge in [0.1, 0.15) is 10.9 Å². The zero-order valence-electron chi connectivity index (χ0n) is 11.1. The van der Waals surface area contributed by atoms with Crippen molar-refractivity contribution in [3.63, 3.8) is 0 Å². The summed E-state index contributed by atoms with van der Waals surface area (Å²) in [6, 6.07) is 8.15. The first-order valence-electron chi connectivity index (χ1n) is 6.48. The van der Waals surface area contributed by atoms with E-state index in [1.54, 1.807) is 6.33 Å². The van der Waals surface area contributed by atoms with Crippen LogP contribution >= 0.6 is 15.9 Å². The summed E-state index contributed by atoms with van der Waals surface area (Å²) in [5.74, 6) is 0. The normalized spacial score (nSPS) is 13.8. The first kappa shape index (κ1) is 14.1. The molecular weight excluding hydrogens is 304 g/mol. The van der Waals surface area contributed by atoms with Crippen molar-refractivity contribution in [1.82, 2.24) is 14.9 Å². The number of nitrogens with zero attached hydrogens (tertiary/aromatic N) is 2. The molecule has 1 aromatic carbocycles. The minimum atomic E-state index is 0.843. The third kappa shape index (κ3) is 4.36. The monoisotopic (exact) mass is 322 g/mol. The number of benzene rings is 1. The van der Waals surface area contributed by atoms with Gasteiger partial charge >= 0.3 is 0 Å².